The van der Waals surface area contributed by atoms with Crippen molar-refractivity contribution in [3.8, 4) is 11.5 Å². The Labute approximate surface area is 192 Å². The van der Waals surface area contributed by atoms with Crippen molar-refractivity contribution in [1.29, 1.82) is 0 Å². The van der Waals surface area contributed by atoms with Gasteiger partial charge in [0.1, 0.15) is 5.76 Å². The van der Waals surface area contributed by atoms with Crippen LogP contribution in [-0.2, 0) is 20.7 Å². The summed E-state index contributed by atoms with van der Waals surface area (Å²) in [5.74, 6) is 1.11. The Balaban J connectivity index is 2.37. The quantitative estimate of drug-likeness (QED) is 0.360. The van der Waals surface area contributed by atoms with Crippen LogP contribution in [0.2, 0.25) is 0 Å². The van der Waals surface area contributed by atoms with Gasteiger partial charge in [0, 0.05) is 12.5 Å². The van der Waals surface area contributed by atoms with Gasteiger partial charge in [-0.25, -0.2) is 4.79 Å². The molecule has 0 saturated carbocycles. The second-order valence-electron chi connectivity index (χ2n) is 8.30. The van der Waals surface area contributed by atoms with Crippen molar-refractivity contribution in [3.05, 3.63) is 35.1 Å². The Bertz CT molecular complexity index is 778. The van der Waals surface area contributed by atoms with Crippen LogP contribution in [0.15, 0.2) is 24.0 Å². The van der Waals surface area contributed by atoms with Crippen molar-refractivity contribution in [2.24, 2.45) is 0 Å². The molecule has 32 heavy (non-hydrogen) atoms. The first-order valence-electron chi connectivity index (χ1n) is 11.6. The Hall–Kier alpha value is -2.25. The summed E-state index contributed by atoms with van der Waals surface area (Å²) in [5.41, 5.74) is 2.13. The molecule has 0 radical (unpaired) electrons. The van der Waals surface area contributed by atoms with Crippen LogP contribution in [0.25, 0.3) is 0 Å². The van der Waals surface area contributed by atoms with Gasteiger partial charge in [0.2, 0.25) is 6.79 Å². The third-order valence-corrected chi connectivity index (χ3v) is 5.83. The van der Waals surface area contributed by atoms with Crippen LogP contribution in [0.5, 0.6) is 11.5 Å². The Morgan fingerprint density at radius 3 is 2.50 bits per heavy atom. The number of nitrogens with zero attached hydrogens (tertiary/aromatic N) is 1. The maximum absolute atomic E-state index is 12.6. The Morgan fingerprint density at radius 2 is 1.91 bits per heavy atom. The van der Waals surface area contributed by atoms with Crippen LogP contribution in [0.4, 0.5) is 0 Å². The molecule has 1 aromatic carbocycles. The number of hydrogen-bond acceptors (Lipinski definition) is 7. The number of ether oxygens (including phenoxy) is 4. The van der Waals surface area contributed by atoms with E-state index in [9.17, 15) is 9.90 Å². The molecule has 3 atom stereocenters. The van der Waals surface area contributed by atoms with Gasteiger partial charge in [0.25, 0.3) is 0 Å². The monoisotopic (exact) mass is 449 g/mol. The maximum Gasteiger partial charge on any atom is 0.335 e. The molecule has 2 rings (SSSR count). The highest BCUT2D eigenvalue weighted by Crippen LogP contribution is 2.40. The molecule has 3 unspecified atom stereocenters. The summed E-state index contributed by atoms with van der Waals surface area (Å²) in [5, 5.41) is 10.1. The van der Waals surface area contributed by atoms with Crippen molar-refractivity contribution in [2.45, 2.75) is 71.5 Å². The normalized spacial score (nSPS) is 16.1. The lowest BCUT2D eigenvalue weighted by Gasteiger charge is -2.29. The van der Waals surface area contributed by atoms with Crippen LogP contribution < -0.4 is 9.47 Å². The number of rotatable bonds is 13. The van der Waals surface area contributed by atoms with Crippen molar-refractivity contribution < 1.29 is 28.8 Å². The molecule has 1 heterocycles. The number of hydrogen-bond donors (Lipinski definition) is 1. The van der Waals surface area contributed by atoms with Crippen molar-refractivity contribution in [2.75, 3.05) is 34.0 Å². The van der Waals surface area contributed by atoms with E-state index in [1.165, 1.54) is 0 Å². The van der Waals surface area contributed by atoms with E-state index in [4.69, 9.17) is 18.9 Å². The number of aliphatic hydroxyl groups excluding tert-OH is 1. The van der Waals surface area contributed by atoms with Crippen molar-refractivity contribution in [3.63, 3.8) is 0 Å². The number of carbonyl (C=O) groups is 1. The first-order chi connectivity index (χ1) is 15.4. The number of likely N-dealkylation sites (N-methyl/N-ethyl adjacent to an activating group) is 1. The minimum absolute atomic E-state index is 0.197. The number of allylic oxidation sites excluding steroid dienone is 1. The molecule has 0 fully saturated rings. The van der Waals surface area contributed by atoms with Gasteiger partial charge in [0.15, 0.2) is 23.7 Å². The number of carbonyl (C=O) groups excluding carboxylic acids is 1. The smallest absolute Gasteiger partial charge is 0.335 e. The number of esters is 1. The second-order valence-corrected chi connectivity index (χ2v) is 8.30. The van der Waals surface area contributed by atoms with Gasteiger partial charge in [-0.3, -0.25) is 0 Å². The number of methoxy groups -OCH3 is 1. The summed E-state index contributed by atoms with van der Waals surface area (Å²) in [6.45, 7) is 10.0. The third-order valence-electron chi connectivity index (χ3n) is 5.83. The van der Waals surface area contributed by atoms with E-state index >= 15 is 0 Å². The van der Waals surface area contributed by atoms with E-state index in [-0.39, 0.29) is 12.7 Å². The largest absolute Gasteiger partial charge is 0.497 e. The maximum atomic E-state index is 12.6. The predicted octanol–water partition coefficient (Wildman–Crippen LogP) is 4.03. The highest BCUT2D eigenvalue weighted by molar-refractivity contribution is 5.74. The molecule has 0 bridgehead atoms. The van der Waals surface area contributed by atoms with E-state index in [0.29, 0.717) is 24.4 Å². The van der Waals surface area contributed by atoms with Crippen LogP contribution in [0.1, 0.15) is 64.0 Å². The molecule has 0 amide bonds. The highest BCUT2D eigenvalue weighted by Gasteiger charge is 2.32. The average molecular weight is 450 g/mol. The van der Waals surface area contributed by atoms with Crippen LogP contribution in [0, 0.1) is 0 Å². The van der Waals surface area contributed by atoms with E-state index in [0.717, 1.165) is 42.8 Å². The van der Waals surface area contributed by atoms with Gasteiger partial charge in [0.05, 0.1) is 7.11 Å². The molecule has 0 aromatic heterocycles. The molecule has 1 N–H and O–H groups in total. The van der Waals surface area contributed by atoms with Gasteiger partial charge in [-0.15, -0.1) is 0 Å². The summed E-state index contributed by atoms with van der Waals surface area (Å²) < 4.78 is 22.6. The van der Waals surface area contributed by atoms with Gasteiger partial charge in [-0.2, -0.15) is 0 Å². The van der Waals surface area contributed by atoms with E-state index in [1.807, 2.05) is 32.9 Å². The topological polar surface area (TPSA) is 77.5 Å². The predicted molar refractivity (Wildman–Crippen MR) is 124 cm³/mol. The molecule has 1 aliphatic heterocycles. The van der Waals surface area contributed by atoms with Crippen LogP contribution >= 0.6 is 0 Å². The molecular formula is C25H39NO6. The first-order valence-corrected chi connectivity index (χ1v) is 11.6. The fraction of sp³-hybridized carbons (Fsp3) is 0.640. The molecule has 180 valence electrons. The number of fused-ring (bicyclic) bond motifs is 1. The molecule has 1 aliphatic rings. The lowest BCUT2D eigenvalue weighted by Crippen LogP contribution is -2.33. The third kappa shape index (κ3) is 6.62. The summed E-state index contributed by atoms with van der Waals surface area (Å²) in [7, 11) is 3.67. The highest BCUT2D eigenvalue weighted by atomic mass is 16.7. The molecule has 7 nitrogen and oxygen atoms in total. The van der Waals surface area contributed by atoms with Crippen LogP contribution in [-0.4, -0.2) is 62.2 Å². The average Bonchev–Trinajstić information content (AvgIpc) is 3.24. The van der Waals surface area contributed by atoms with Crippen LogP contribution in [0.3, 0.4) is 0 Å². The zero-order chi connectivity index (χ0) is 23.7. The first kappa shape index (κ1) is 26.0. The molecule has 0 saturated heterocycles. The van der Waals surface area contributed by atoms with Crippen molar-refractivity contribution in [1.82, 2.24) is 4.90 Å². The zero-order valence-electron chi connectivity index (χ0n) is 20.3. The molecule has 0 aliphatic carbocycles. The molecule has 1 aromatic rings. The summed E-state index contributed by atoms with van der Waals surface area (Å²) in [4.78, 5) is 14.9. The number of benzene rings is 1. The molecular weight excluding hydrogens is 410 g/mol. The van der Waals surface area contributed by atoms with Gasteiger partial charge < -0.3 is 29.0 Å². The lowest BCUT2D eigenvalue weighted by molar-refractivity contribution is -0.160. The zero-order valence-corrected chi connectivity index (χ0v) is 20.3. The Kier molecular flexibility index (Phi) is 10.3. The standard InChI is InChI=1S/C25H39NO6/c1-7-10-20(27)25(28)32-24(21(9-3)29-6)17(4)19-15-23-22(30-16-31-23)14-18(19)11-13-26(5)12-8-2/h9,14-15,17,20,24,27H,7-8,10-13,16H2,1-6H3/b21-9+. The summed E-state index contributed by atoms with van der Waals surface area (Å²) >= 11 is 0. The summed E-state index contributed by atoms with van der Waals surface area (Å²) in [6, 6.07) is 4.01. The second kappa shape index (κ2) is 12.7. The van der Waals surface area contributed by atoms with E-state index in [1.54, 1.807) is 13.2 Å². The minimum Gasteiger partial charge on any atom is -0.497 e. The SMILES string of the molecule is C/C=C(/OC)C(OC(=O)C(O)CCC)C(C)c1cc2c(cc1CCN(C)CCC)OCO2. The minimum atomic E-state index is -1.15. The Morgan fingerprint density at radius 1 is 1.22 bits per heavy atom. The van der Waals surface area contributed by atoms with Gasteiger partial charge in [-0.1, -0.05) is 27.2 Å². The summed E-state index contributed by atoms with van der Waals surface area (Å²) in [6.07, 6.45) is 2.94. The fourth-order valence-electron chi connectivity index (χ4n) is 4.01. The van der Waals surface area contributed by atoms with E-state index < -0.39 is 18.2 Å². The van der Waals surface area contributed by atoms with Gasteiger partial charge in [-0.05, 0) is 69.1 Å². The van der Waals surface area contributed by atoms with E-state index in [2.05, 4.69) is 18.9 Å². The fourth-order valence-corrected chi connectivity index (χ4v) is 4.01. The number of aliphatic hydroxyl groups is 1. The molecule has 7 heteroatoms. The lowest BCUT2D eigenvalue weighted by atomic mass is 9.88. The van der Waals surface area contributed by atoms with Crippen molar-refractivity contribution >= 4 is 5.97 Å². The van der Waals surface area contributed by atoms with Gasteiger partial charge >= 0.3 is 5.97 Å². The molecule has 0 spiro atoms.